The number of carbonyl (C=O) groups is 1. The lowest BCUT2D eigenvalue weighted by Gasteiger charge is -2.33. The second-order valence-corrected chi connectivity index (χ2v) is 5.86. The van der Waals surface area contributed by atoms with E-state index in [1.807, 2.05) is 18.2 Å². The summed E-state index contributed by atoms with van der Waals surface area (Å²) in [5.41, 5.74) is 0.727. The van der Waals surface area contributed by atoms with Gasteiger partial charge in [-0.25, -0.2) is 4.79 Å². The van der Waals surface area contributed by atoms with Crippen molar-refractivity contribution in [2.24, 2.45) is 0 Å². The molecule has 0 radical (unpaired) electrons. The maximum atomic E-state index is 11.7. The van der Waals surface area contributed by atoms with Gasteiger partial charge in [-0.15, -0.1) is 0 Å². The van der Waals surface area contributed by atoms with E-state index in [1.54, 1.807) is 17.9 Å². The van der Waals surface area contributed by atoms with Gasteiger partial charge in [-0.05, 0) is 19.1 Å². The Labute approximate surface area is 145 Å². The van der Waals surface area contributed by atoms with E-state index in [9.17, 15) is 4.79 Å². The van der Waals surface area contributed by atoms with E-state index in [-0.39, 0.29) is 6.09 Å². The Bertz CT molecular complexity index is 698. The molecule has 3 rings (SSSR count). The van der Waals surface area contributed by atoms with Crippen LogP contribution in [-0.4, -0.2) is 58.8 Å². The van der Waals surface area contributed by atoms with Gasteiger partial charge in [0, 0.05) is 26.2 Å². The molecule has 0 aliphatic carbocycles. The Hall–Kier alpha value is -2.12. The topological polar surface area (TPSA) is 71.7 Å². The van der Waals surface area contributed by atoms with Gasteiger partial charge in [0.15, 0.2) is 5.82 Å². The Morgan fingerprint density at radius 3 is 2.75 bits per heavy atom. The standard InChI is InChI=1S/C16H19ClN4O3/c1-2-23-16(22)21-9-7-20(8-10-21)11-14-18-15(24-19-14)12-5-3-4-6-13(12)17/h3-6H,2,7-11H2,1H3. The maximum Gasteiger partial charge on any atom is 0.409 e. The summed E-state index contributed by atoms with van der Waals surface area (Å²) in [5.74, 6) is 1.02. The second kappa shape index (κ2) is 7.63. The maximum absolute atomic E-state index is 11.7. The summed E-state index contributed by atoms with van der Waals surface area (Å²) in [6.07, 6.45) is -0.252. The van der Waals surface area contributed by atoms with Crippen LogP contribution in [-0.2, 0) is 11.3 Å². The smallest absolute Gasteiger partial charge is 0.409 e. The summed E-state index contributed by atoms with van der Waals surface area (Å²) in [6.45, 7) is 5.53. The number of piperazine rings is 1. The lowest BCUT2D eigenvalue weighted by atomic mass is 10.2. The van der Waals surface area contributed by atoms with E-state index in [2.05, 4.69) is 15.0 Å². The number of rotatable bonds is 4. The Balaban J connectivity index is 1.57. The molecule has 1 aromatic carbocycles. The van der Waals surface area contributed by atoms with Crippen LogP contribution >= 0.6 is 11.6 Å². The minimum Gasteiger partial charge on any atom is -0.450 e. The molecular formula is C16H19ClN4O3. The number of ether oxygens (including phenoxy) is 1. The van der Waals surface area contributed by atoms with Crippen LogP contribution in [0.15, 0.2) is 28.8 Å². The first-order valence-corrected chi connectivity index (χ1v) is 8.26. The molecule has 0 saturated carbocycles. The number of hydrogen-bond donors (Lipinski definition) is 0. The van der Waals surface area contributed by atoms with Gasteiger partial charge < -0.3 is 14.2 Å². The average Bonchev–Trinajstić information content (AvgIpc) is 3.04. The van der Waals surface area contributed by atoms with Gasteiger partial charge in [0.25, 0.3) is 5.89 Å². The van der Waals surface area contributed by atoms with Crippen LogP contribution in [0.3, 0.4) is 0 Å². The number of aromatic nitrogens is 2. The molecule has 1 amide bonds. The fraction of sp³-hybridized carbons (Fsp3) is 0.438. The first-order valence-electron chi connectivity index (χ1n) is 7.89. The van der Waals surface area contributed by atoms with E-state index in [4.69, 9.17) is 20.9 Å². The second-order valence-electron chi connectivity index (χ2n) is 5.46. The van der Waals surface area contributed by atoms with E-state index in [0.29, 0.717) is 43.0 Å². The van der Waals surface area contributed by atoms with Crippen LogP contribution in [0.5, 0.6) is 0 Å². The predicted molar refractivity (Wildman–Crippen MR) is 88.6 cm³/mol. The molecule has 0 atom stereocenters. The van der Waals surface area contributed by atoms with Crippen LogP contribution < -0.4 is 0 Å². The number of nitrogens with zero attached hydrogens (tertiary/aromatic N) is 4. The van der Waals surface area contributed by atoms with Crippen molar-refractivity contribution in [2.45, 2.75) is 13.5 Å². The molecule has 1 fully saturated rings. The third-order valence-corrected chi connectivity index (χ3v) is 4.17. The lowest BCUT2D eigenvalue weighted by Crippen LogP contribution is -2.48. The van der Waals surface area contributed by atoms with E-state index in [1.165, 1.54) is 0 Å². The highest BCUT2D eigenvalue weighted by atomic mass is 35.5. The minimum absolute atomic E-state index is 0.252. The van der Waals surface area contributed by atoms with Crippen molar-refractivity contribution in [3.05, 3.63) is 35.1 Å². The summed E-state index contributed by atoms with van der Waals surface area (Å²) < 4.78 is 10.3. The highest BCUT2D eigenvalue weighted by Gasteiger charge is 2.23. The average molecular weight is 351 g/mol. The van der Waals surface area contributed by atoms with Crippen molar-refractivity contribution in [1.29, 1.82) is 0 Å². The first kappa shape index (κ1) is 16.7. The summed E-state index contributed by atoms with van der Waals surface area (Å²) >= 11 is 6.14. The van der Waals surface area contributed by atoms with Crippen LogP contribution in [0.4, 0.5) is 4.79 Å². The van der Waals surface area contributed by atoms with Crippen molar-refractivity contribution in [1.82, 2.24) is 19.9 Å². The number of carbonyl (C=O) groups excluding carboxylic acids is 1. The molecule has 24 heavy (non-hydrogen) atoms. The van der Waals surface area contributed by atoms with Gasteiger partial charge in [0.2, 0.25) is 0 Å². The lowest BCUT2D eigenvalue weighted by molar-refractivity contribution is 0.0769. The van der Waals surface area contributed by atoms with Crippen molar-refractivity contribution in [3.8, 4) is 11.5 Å². The number of halogens is 1. The van der Waals surface area contributed by atoms with Crippen LogP contribution in [0.25, 0.3) is 11.5 Å². The zero-order valence-electron chi connectivity index (χ0n) is 13.4. The van der Waals surface area contributed by atoms with Gasteiger partial charge in [-0.3, -0.25) is 4.90 Å². The van der Waals surface area contributed by atoms with Gasteiger partial charge >= 0.3 is 6.09 Å². The summed E-state index contributed by atoms with van der Waals surface area (Å²) in [6, 6.07) is 7.36. The summed E-state index contributed by atoms with van der Waals surface area (Å²) in [7, 11) is 0. The Kier molecular flexibility index (Phi) is 5.32. The van der Waals surface area contributed by atoms with Crippen molar-refractivity contribution >= 4 is 17.7 Å². The highest BCUT2D eigenvalue weighted by molar-refractivity contribution is 6.33. The highest BCUT2D eigenvalue weighted by Crippen LogP contribution is 2.26. The fourth-order valence-electron chi connectivity index (χ4n) is 2.57. The molecular weight excluding hydrogens is 332 g/mol. The summed E-state index contributed by atoms with van der Waals surface area (Å²) in [4.78, 5) is 20.0. The molecule has 8 heteroatoms. The van der Waals surface area contributed by atoms with E-state index >= 15 is 0 Å². The Morgan fingerprint density at radius 2 is 2.04 bits per heavy atom. The van der Waals surface area contributed by atoms with Crippen LogP contribution in [0.2, 0.25) is 5.02 Å². The predicted octanol–water partition coefficient (Wildman–Crippen LogP) is 2.66. The molecule has 128 valence electrons. The SMILES string of the molecule is CCOC(=O)N1CCN(Cc2noc(-c3ccccc3Cl)n2)CC1. The molecule has 0 bridgehead atoms. The minimum atomic E-state index is -0.252. The quantitative estimate of drug-likeness (QED) is 0.844. The largest absolute Gasteiger partial charge is 0.450 e. The van der Waals surface area contributed by atoms with Gasteiger partial charge in [-0.2, -0.15) is 4.98 Å². The zero-order valence-corrected chi connectivity index (χ0v) is 14.2. The Morgan fingerprint density at radius 1 is 1.29 bits per heavy atom. The molecule has 2 heterocycles. The molecule has 1 aliphatic heterocycles. The molecule has 1 aromatic heterocycles. The number of hydrogen-bond acceptors (Lipinski definition) is 6. The molecule has 0 spiro atoms. The fourth-order valence-corrected chi connectivity index (χ4v) is 2.78. The molecule has 7 nitrogen and oxygen atoms in total. The first-order chi connectivity index (χ1) is 11.7. The van der Waals surface area contributed by atoms with Gasteiger partial charge in [-0.1, -0.05) is 28.9 Å². The third kappa shape index (κ3) is 3.85. The van der Waals surface area contributed by atoms with E-state index < -0.39 is 0 Å². The van der Waals surface area contributed by atoms with Crippen molar-refractivity contribution < 1.29 is 14.1 Å². The third-order valence-electron chi connectivity index (χ3n) is 3.84. The van der Waals surface area contributed by atoms with Crippen LogP contribution in [0.1, 0.15) is 12.7 Å². The molecule has 0 unspecified atom stereocenters. The molecule has 1 saturated heterocycles. The zero-order chi connectivity index (χ0) is 16.9. The number of amides is 1. The number of benzene rings is 1. The van der Waals surface area contributed by atoms with Crippen LogP contribution in [0, 0.1) is 0 Å². The molecule has 0 N–H and O–H groups in total. The normalized spacial score (nSPS) is 15.5. The van der Waals surface area contributed by atoms with Crippen molar-refractivity contribution in [3.63, 3.8) is 0 Å². The van der Waals surface area contributed by atoms with Gasteiger partial charge in [0.05, 0.1) is 23.7 Å². The molecule has 1 aliphatic rings. The monoisotopic (exact) mass is 350 g/mol. The van der Waals surface area contributed by atoms with Gasteiger partial charge in [0.1, 0.15) is 0 Å². The summed E-state index contributed by atoms with van der Waals surface area (Å²) in [5, 5.41) is 4.60. The van der Waals surface area contributed by atoms with Crippen molar-refractivity contribution in [2.75, 3.05) is 32.8 Å². The van der Waals surface area contributed by atoms with E-state index in [0.717, 1.165) is 18.7 Å². The molecule has 2 aromatic rings.